The van der Waals surface area contributed by atoms with Gasteiger partial charge in [0.15, 0.2) is 0 Å². The van der Waals surface area contributed by atoms with Crippen molar-refractivity contribution in [3.8, 4) is 0 Å². The fourth-order valence-electron chi connectivity index (χ4n) is 1.07. The summed E-state index contributed by atoms with van der Waals surface area (Å²) in [7, 11) is -2.87. The van der Waals surface area contributed by atoms with Crippen LogP contribution in [0.3, 0.4) is 0 Å². The second-order valence-corrected chi connectivity index (χ2v) is 4.29. The van der Waals surface area contributed by atoms with Crippen LogP contribution in [0.4, 0.5) is 0 Å². The Labute approximate surface area is 100.0 Å². The summed E-state index contributed by atoms with van der Waals surface area (Å²) in [5, 5.41) is 1.82. The maximum atomic E-state index is 8.70. The van der Waals surface area contributed by atoms with E-state index in [1.165, 1.54) is 0 Å². The third-order valence-electron chi connectivity index (χ3n) is 1.62. The van der Waals surface area contributed by atoms with Crippen LogP contribution in [0.15, 0.2) is 28.9 Å². The van der Waals surface area contributed by atoms with Crippen LogP contribution in [0.2, 0.25) is 5.02 Å². The largest absolute Gasteiger partial charge is 0.692 e. The molecule has 3 N–H and O–H groups in total. The van der Waals surface area contributed by atoms with E-state index in [-0.39, 0.29) is 0 Å². The normalized spacial score (nSPS) is 9.60. The van der Waals surface area contributed by atoms with Crippen LogP contribution in [0, 0.1) is 0 Å². The molecule has 0 saturated heterocycles. The van der Waals surface area contributed by atoms with E-state index >= 15 is 0 Å². The van der Waals surface area contributed by atoms with Crippen LogP contribution in [-0.4, -0.2) is 14.8 Å². The van der Waals surface area contributed by atoms with Crippen molar-refractivity contribution in [2.75, 3.05) is 0 Å². The van der Waals surface area contributed by atoms with Gasteiger partial charge in [-0.15, -0.1) is 9.79 Å². The molecule has 0 aliphatic heterocycles. The molecular weight excluding hydrogens is 304 g/mol. The Hall–Kier alpha value is -0.450. The molecule has 2 aromatic rings. The van der Waals surface area contributed by atoms with E-state index in [0.29, 0.717) is 0 Å². The maximum Gasteiger partial charge on any atom is 0.692 e. The molecule has 0 fully saturated rings. The molecule has 0 amide bonds. The van der Waals surface area contributed by atoms with Gasteiger partial charge in [0.25, 0.3) is 0 Å². The van der Waals surface area contributed by atoms with Crippen LogP contribution < -0.4 is 0 Å². The molecule has 4 nitrogen and oxygen atoms in total. The number of aromatic nitrogens is 1. The minimum atomic E-state index is -2.87. The van der Waals surface area contributed by atoms with Gasteiger partial charge in [0.1, 0.15) is 0 Å². The molecule has 80 valence electrons. The van der Waals surface area contributed by atoms with E-state index in [2.05, 4.69) is 20.9 Å². The number of rotatable bonds is 0. The average molecular weight is 311 g/mol. The first kappa shape index (κ1) is 12.6. The third-order valence-corrected chi connectivity index (χ3v) is 2.92. The molecule has 0 aliphatic carbocycles. The fraction of sp³-hybridized carbons (Fsp3) is 0. The van der Waals surface area contributed by atoms with E-state index in [1.54, 1.807) is 0 Å². The maximum absolute atomic E-state index is 8.70. The molecule has 0 aliphatic rings. The van der Waals surface area contributed by atoms with Gasteiger partial charge in [-0.25, -0.2) is 0 Å². The molecule has 1 aromatic carbocycles. The van der Waals surface area contributed by atoms with E-state index in [1.807, 2.05) is 24.4 Å². The Balaban J connectivity index is 0.000000245. The van der Waals surface area contributed by atoms with Gasteiger partial charge in [0.2, 0.25) is 0 Å². The van der Waals surface area contributed by atoms with Gasteiger partial charge in [-0.3, -0.25) is 0 Å². The lowest BCUT2D eigenvalue weighted by Gasteiger charge is -1.95. The van der Waals surface area contributed by atoms with E-state index in [4.69, 9.17) is 26.0 Å². The number of aromatic amines is 1. The zero-order chi connectivity index (χ0) is 11.4. The summed E-state index contributed by atoms with van der Waals surface area (Å²) in [5.74, 6) is 0. The molecule has 0 radical (unpaired) electrons. The highest BCUT2D eigenvalue weighted by Gasteiger charge is 2.02. The average Bonchev–Trinajstić information content (AvgIpc) is 2.59. The monoisotopic (exact) mass is 310 g/mol. The summed E-state index contributed by atoms with van der Waals surface area (Å²) in [5.41, 5.74) is 1.07. The van der Waals surface area contributed by atoms with Crippen LogP contribution in [0.5, 0.6) is 0 Å². The minimum Gasteiger partial charge on any atom is -0.361 e. The number of halogens is 2. The molecule has 0 spiro atoms. The Morgan fingerprint density at radius 2 is 1.93 bits per heavy atom. The predicted octanol–water partition coefficient (Wildman–Crippen LogP) is 3.21. The van der Waals surface area contributed by atoms with Gasteiger partial charge < -0.3 is 4.98 Å². The second kappa shape index (κ2) is 5.58. The minimum absolute atomic E-state index is 0.767. The summed E-state index contributed by atoms with van der Waals surface area (Å²) >= 11 is 9.36. The Morgan fingerprint density at radius 3 is 2.53 bits per heavy atom. The van der Waals surface area contributed by atoms with Crippen molar-refractivity contribution >= 4 is 46.7 Å². The van der Waals surface area contributed by atoms with Crippen molar-refractivity contribution < 1.29 is 14.4 Å². The molecule has 2 rings (SSSR count). The number of benzene rings is 1. The third kappa shape index (κ3) is 3.55. The molecular formula is C8H7BrClNO3P+. The number of hydrogen-bond acceptors (Lipinski definition) is 1. The van der Waals surface area contributed by atoms with E-state index in [9.17, 15) is 0 Å². The van der Waals surface area contributed by atoms with E-state index < -0.39 is 8.25 Å². The summed E-state index contributed by atoms with van der Waals surface area (Å²) in [6.07, 6.45) is 1.88. The molecule has 0 bridgehead atoms. The lowest BCUT2D eigenvalue weighted by atomic mass is 10.2. The molecule has 15 heavy (non-hydrogen) atoms. The first-order chi connectivity index (χ1) is 7.02. The highest BCUT2D eigenvalue weighted by Crippen LogP contribution is 2.29. The van der Waals surface area contributed by atoms with Crippen LogP contribution in [-0.2, 0) is 4.57 Å². The van der Waals surface area contributed by atoms with Gasteiger partial charge in [-0.2, -0.15) is 0 Å². The topological polar surface area (TPSA) is 73.3 Å². The molecule has 1 heterocycles. The summed E-state index contributed by atoms with van der Waals surface area (Å²) in [6.45, 7) is 0. The zero-order valence-corrected chi connectivity index (χ0v) is 10.6. The quantitative estimate of drug-likeness (QED) is 0.654. The van der Waals surface area contributed by atoms with E-state index in [0.717, 1.165) is 20.4 Å². The lowest BCUT2D eigenvalue weighted by molar-refractivity contribution is 0.405. The Kier molecular flexibility index (Phi) is 4.70. The summed E-state index contributed by atoms with van der Waals surface area (Å²) in [6, 6.07) is 5.88. The standard InChI is InChI=1S/C8H5BrClN.HO3P/c9-6-1-2-7-5(8(6)10)3-4-11-7;1-4(2)3/h1-4,11H;(H-,1,2,3)/p+1. The van der Waals surface area contributed by atoms with Gasteiger partial charge in [0.05, 0.1) is 5.02 Å². The number of H-pyrrole nitrogens is 1. The van der Waals surface area contributed by atoms with Crippen LogP contribution in [0.25, 0.3) is 10.9 Å². The molecule has 0 unspecified atom stereocenters. The fourth-order valence-corrected chi connectivity index (χ4v) is 1.64. The predicted molar refractivity (Wildman–Crippen MR) is 63.1 cm³/mol. The van der Waals surface area contributed by atoms with Gasteiger partial charge in [-0.1, -0.05) is 11.6 Å². The highest BCUT2D eigenvalue weighted by molar-refractivity contribution is 9.10. The first-order valence-electron chi connectivity index (χ1n) is 3.78. The van der Waals surface area contributed by atoms with Gasteiger partial charge >= 0.3 is 8.25 Å². The Bertz CT molecular complexity index is 484. The highest BCUT2D eigenvalue weighted by atomic mass is 79.9. The zero-order valence-electron chi connectivity index (χ0n) is 7.32. The smallest absolute Gasteiger partial charge is 0.361 e. The molecule has 7 heteroatoms. The van der Waals surface area contributed by atoms with Crippen LogP contribution >= 0.6 is 35.8 Å². The van der Waals surface area contributed by atoms with Crippen molar-refractivity contribution in [1.29, 1.82) is 0 Å². The molecule has 0 saturated carbocycles. The number of nitrogens with one attached hydrogen (secondary N) is 1. The van der Waals surface area contributed by atoms with Crippen LogP contribution in [0.1, 0.15) is 0 Å². The molecule has 0 atom stereocenters. The van der Waals surface area contributed by atoms with Crippen molar-refractivity contribution in [2.24, 2.45) is 0 Å². The van der Waals surface area contributed by atoms with Gasteiger partial charge in [0, 0.05) is 26.1 Å². The second-order valence-electron chi connectivity index (χ2n) is 2.55. The summed E-state index contributed by atoms with van der Waals surface area (Å²) in [4.78, 5) is 17.3. The van der Waals surface area contributed by atoms with Crippen molar-refractivity contribution in [1.82, 2.24) is 4.98 Å². The number of fused-ring (bicyclic) bond motifs is 1. The Morgan fingerprint density at radius 1 is 1.33 bits per heavy atom. The van der Waals surface area contributed by atoms with Crippen molar-refractivity contribution in [2.45, 2.75) is 0 Å². The van der Waals surface area contributed by atoms with Gasteiger partial charge in [-0.05, 0) is 34.1 Å². The first-order valence-corrected chi connectivity index (χ1v) is 6.12. The number of hydrogen-bond donors (Lipinski definition) is 3. The lowest BCUT2D eigenvalue weighted by Crippen LogP contribution is -1.70. The van der Waals surface area contributed by atoms with Crippen molar-refractivity contribution in [3.05, 3.63) is 33.9 Å². The molecule has 1 aromatic heterocycles. The van der Waals surface area contributed by atoms with Crippen molar-refractivity contribution in [3.63, 3.8) is 0 Å². The SMILES string of the molecule is Clc1c(Br)ccc2[nH]ccc12.O=[P+](O)O. The summed E-state index contributed by atoms with van der Waals surface area (Å²) < 4.78 is 9.64.